The number of halogens is 1. The smallest absolute Gasteiger partial charge is 0.277 e. The summed E-state index contributed by atoms with van der Waals surface area (Å²) in [5.41, 5.74) is 6.49. The molecule has 1 heterocycles. The molecule has 1 saturated carbocycles. The van der Waals surface area contributed by atoms with Crippen LogP contribution in [0.4, 0.5) is 9.18 Å². The van der Waals surface area contributed by atoms with Gasteiger partial charge < -0.3 is 5.73 Å². The number of nitrogens with zero attached hydrogens (tertiary/aromatic N) is 1. The standard InChI is InChI=1S/C17H19FN2OS2/c18-14-8-6-13(7-9-14)17(23-16(19)21,15-20-10-11-22-15)12-4-2-1-3-5-12/h6-12H,1-5H2,(H2,19,21). The van der Waals surface area contributed by atoms with Crippen LogP contribution in [0.15, 0.2) is 35.8 Å². The molecule has 0 bridgehead atoms. The number of amides is 1. The van der Waals surface area contributed by atoms with Crippen molar-refractivity contribution in [2.24, 2.45) is 11.7 Å². The third-order valence-corrected chi connectivity index (χ3v) is 6.79. The molecule has 1 amide bonds. The van der Waals surface area contributed by atoms with Crippen LogP contribution in [-0.2, 0) is 4.75 Å². The fourth-order valence-electron chi connectivity index (χ4n) is 3.49. The van der Waals surface area contributed by atoms with Crippen LogP contribution in [0.5, 0.6) is 0 Å². The van der Waals surface area contributed by atoms with Gasteiger partial charge in [0.2, 0.25) is 0 Å². The number of thioether (sulfide) groups is 1. The first kappa shape index (κ1) is 16.5. The van der Waals surface area contributed by atoms with E-state index in [-0.39, 0.29) is 11.7 Å². The zero-order chi connectivity index (χ0) is 16.3. The van der Waals surface area contributed by atoms with Crippen molar-refractivity contribution in [1.82, 2.24) is 4.98 Å². The van der Waals surface area contributed by atoms with Gasteiger partial charge in [-0.3, -0.25) is 4.79 Å². The largest absolute Gasteiger partial charge is 0.360 e. The number of benzene rings is 1. The summed E-state index contributed by atoms with van der Waals surface area (Å²) in [5, 5.41) is 2.37. The van der Waals surface area contributed by atoms with Gasteiger partial charge in [0.05, 0.1) is 0 Å². The maximum absolute atomic E-state index is 13.4. The van der Waals surface area contributed by atoms with E-state index in [1.54, 1.807) is 18.3 Å². The Kier molecular flexibility index (Phi) is 5.02. The summed E-state index contributed by atoms with van der Waals surface area (Å²) in [6, 6.07) is 6.42. The summed E-state index contributed by atoms with van der Waals surface area (Å²) in [6.07, 6.45) is 7.29. The van der Waals surface area contributed by atoms with Crippen LogP contribution in [0.3, 0.4) is 0 Å². The Bertz CT molecular complexity index is 654. The zero-order valence-corrected chi connectivity index (χ0v) is 14.3. The van der Waals surface area contributed by atoms with Crippen molar-refractivity contribution >= 4 is 28.3 Å². The Morgan fingerprint density at radius 3 is 2.52 bits per heavy atom. The van der Waals surface area contributed by atoms with Gasteiger partial charge in [0.15, 0.2) is 0 Å². The first-order valence-corrected chi connectivity index (χ1v) is 9.47. The lowest BCUT2D eigenvalue weighted by atomic mass is 9.76. The number of carbonyl (C=O) groups is 1. The van der Waals surface area contributed by atoms with Gasteiger partial charge in [-0.25, -0.2) is 9.37 Å². The molecule has 1 atom stereocenters. The SMILES string of the molecule is NC(=O)SC(c1ccc(F)cc1)(c1nccs1)C1CCCCC1. The Balaban J connectivity index is 2.15. The number of hydrogen-bond donors (Lipinski definition) is 1. The molecule has 3 nitrogen and oxygen atoms in total. The van der Waals surface area contributed by atoms with Gasteiger partial charge >= 0.3 is 0 Å². The van der Waals surface area contributed by atoms with Gasteiger partial charge in [-0.2, -0.15) is 0 Å². The van der Waals surface area contributed by atoms with Gasteiger partial charge in [0.1, 0.15) is 15.6 Å². The molecule has 3 rings (SSSR count). The molecular weight excluding hydrogens is 331 g/mol. The number of hydrogen-bond acceptors (Lipinski definition) is 4. The molecule has 122 valence electrons. The van der Waals surface area contributed by atoms with E-state index in [0.717, 1.165) is 48.0 Å². The Morgan fingerprint density at radius 2 is 1.96 bits per heavy atom. The van der Waals surface area contributed by atoms with E-state index in [1.165, 1.54) is 29.9 Å². The Morgan fingerprint density at radius 1 is 1.26 bits per heavy atom. The maximum Gasteiger partial charge on any atom is 0.277 e. The third-order valence-electron chi connectivity index (χ3n) is 4.46. The van der Waals surface area contributed by atoms with Crippen molar-refractivity contribution in [3.8, 4) is 0 Å². The monoisotopic (exact) mass is 350 g/mol. The van der Waals surface area contributed by atoms with E-state index in [4.69, 9.17) is 5.73 Å². The maximum atomic E-state index is 13.4. The lowest BCUT2D eigenvalue weighted by Gasteiger charge is -2.40. The van der Waals surface area contributed by atoms with Crippen molar-refractivity contribution in [2.75, 3.05) is 0 Å². The molecule has 0 spiro atoms. The van der Waals surface area contributed by atoms with Crippen molar-refractivity contribution < 1.29 is 9.18 Å². The molecule has 2 aromatic rings. The van der Waals surface area contributed by atoms with Crippen LogP contribution < -0.4 is 5.73 Å². The molecule has 2 N–H and O–H groups in total. The topological polar surface area (TPSA) is 56.0 Å². The average Bonchev–Trinajstić information content (AvgIpc) is 3.09. The predicted molar refractivity (Wildman–Crippen MR) is 93.0 cm³/mol. The minimum Gasteiger partial charge on any atom is -0.360 e. The fourth-order valence-corrected chi connectivity index (χ4v) is 5.71. The number of rotatable bonds is 4. The molecule has 0 radical (unpaired) electrons. The van der Waals surface area contributed by atoms with Crippen LogP contribution in [-0.4, -0.2) is 10.2 Å². The number of nitrogens with two attached hydrogens (primary N) is 1. The molecule has 6 heteroatoms. The van der Waals surface area contributed by atoms with E-state index in [1.807, 2.05) is 5.38 Å². The summed E-state index contributed by atoms with van der Waals surface area (Å²) >= 11 is 2.67. The van der Waals surface area contributed by atoms with Crippen LogP contribution in [0.25, 0.3) is 0 Å². The molecule has 0 saturated heterocycles. The fraction of sp³-hybridized carbons (Fsp3) is 0.412. The summed E-state index contributed by atoms with van der Waals surface area (Å²) in [5.74, 6) is -0.0140. The van der Waals surface area contributed by atoms with Gasteiger partial charge in [0, 0.05) is 11.6 Å². The molecule has 1 fully saturated rings. The highest BCUT2D eigenvalue weighted by molar-refractivity contribution is 8.14. The summed E-state index contributed by atoms with van der Waals surface area (Å²) in [4.78, 5) is 16.4. The van der Waals surface area contributed by atoms with Gasteiger partial charge in [0.25, 0.3) is 5.24 Å². The molecule has 1 aromatic heterocycles. The number of aromatic nitrogens is 1. The van der Waals surface area contributed by atoms with Crippen molar-refractivity contribution in [2.45, 2.75) is 36.9 Å². The van der Waals surface area contributed by atoms with Gasteiger partial charge in [-0.15, -0.1) is 11.3 Å². The minimum atomic E-state index is -0.617. The third kappa shape index (κ3) is 3.28. The van der Waals surface area contributed by atoms with Crippen LogP contribution in [0.1, 0.15) is 42.7 Å². The normalized spacial score (nSPS) is 18.5. The molecule has 0 aliphatic heterocycles. The number of primary amides is 1. The highest BCUT2D eigenvalue weighted by Crippen LogP contribution is 2.53. The van der Waals surface area contributed by atoms with Crippen molar-refractivity contribution in [1.29, 1.82) is 0 Å². The Labute approximate surface area is 143 Å². The van der Waals surface area contributed by atoms with E-state index in [9.17, 15) is 9.18 Å². The van der Waals surface area contributed by atoms with Crippen LogP contribution in [0.2, 0.25) is 0 Å². The second-order valence-electron chi connectivity index (χ2n) is 5.84. The average molecular weight is 350 g/mol. The van der Waals surface area contributed by atoms with E-state index in [2.05, 4.69) is 4.98 Å². The molecule has 1 aromatic carbocycles. The molecule has 1 aliphatic carbocycles. The Hall–Kier alpha value is -1.40. The van der Waals surface area contributed by atoms with E-state index >= 15 is 0 Å². The second kappa shape index (κ2) is 7.01. The van der Waals surface area contributed by atoms with Gasteiger partial charge in [-0.05, 0) is 48.2 Å². The first-order chi connectivity index (χ1) is 11.1. The lowest BCUT2D eigenvalue weighted by molar-refractivity contribution is 0.265. The van der Waals surface area contributed by atoms with Crippen molar-refractivity contribution in [3.05, 3.63) is 52.2 Å². The van der Waals surface area contributed by atoms with Crippen LogP contribution in [0, 0.1) is 11.7 Å². The molecule has 1 unspecified atom stereocenters. The highest BCUT2D eigenvalue weighted by Gasteiger charge is 2.46. The zero-order valence-electron chi connectivity index (χ0n) is 12.7. The van der Waals surface area contributed by atoms with Gasteiger partial charge in [-0.1, -0.05) is 31.4 Å². The lowest BCUT2D eigenvalue weighted by Crippen LogP contribution is -2.37. The van der Waals surface area contributed by atoms with E-state index < -0.39 is 9.99 Å². The summed E-state index contributed by atoms with van der Waals surface area (Å²) in [7, 11) is 0. The quantitative estimate of drug-likeness (QED) is 0.851. The molecule has 1 aliphatic rings. The van der Waals surface area contributed by atoms with Crippen molar-refractivity contribution in [3.63, 3.8) is 0 Å². The first-order valence-electron chi connectivity index (χ1n) is 7.77. The highest BCUT2D eigenvalue weighted by atomic mass is 32.2. The number of thiazole rings is 1. The predicted octanol–water partition coefficient (Wildman–Crippen LogP) is 4.92. The second-order valence-corrected chi connectivity index (χ2v) is 7.98. The summed E-state index contributed by atoms with van der Waals surface area (Å²) in [6.45, 7) is 0. The molecular formula is C17H19FN2OS2. The molecule has 23 heavy (non-hydrogen) atoms. The summed E-state index contributed by atoms with van der Waals surface area (Å²) < 4.78 is 12.8. The minimum absolute atomic E-state index is 0.269. The van der Waals surface area contributed by atoms with Crippen LogP contribution >= 0.6 is 23.1 Å². The van der Waals surface area contributed by atoms with E-state index in [0.29, 0.717) is 0 Å². The number of carbonyl (C=O) groups excluding carboxylic acids is 1.